The molecular weight excluding hydrogens is 776 g/mol. The van der Waals surface area contributed by atoms with Crippen molar-refractivity contribution in [1.29, 1.82) is 0 Å². The van der Waals surface area contributed by atoms with Crippen LogP contribution in [0, 0.1) is 0 Å². The van der Waals surface area contributed by atoms with Crippen LogP contribution in [0.4, 0.5) is 11.4 Å². The number of rotatable bonds is 16. The Morgan fingerprint density at radius 1 is 0.767 bits per heavy atom. The molecule has 2 heterocycles. The highest BCUT2D eigenvalue weighted by molar-refractivity contribution is 6.30. The van der Waals surface area contributed by atoms with Crippen LogP contribution < -0.4 is 16.4 Å². The van der Waals surface area contributed by atoms with Crippen LogP contribution in [0.25, 0.3) is 11.1 Å². The first kappa shape index (κ1) is 43.0. The van der Waals surface area contributed by atoms with Gasteiger partial charge in [-0.25, -0.2) is 0 Å². The molecule has 0 aliphatic carbocycles. The Kier molecular flexibility index (Phi) is 14.7. The summed E-state index contributed by atoms with van der Waals surface area (Å²) in [6.45, 7) is 2.61. The number of ether oxygens (including phenoxy) is 2. The number of benzene rings is 5. The van der Waals surface area contributed by atoms with E-state index in [0.717, 1.165) is 58.5 Å². The number of anilines is 2. The lowest BCUT2D eigenvalue weighted by atomic mass is 9.84. The number of piperidine rings is 1. The van der Waals surface area contributed by atoms with Crippen molar-refractivity contribution < 1.29 is 29.3 Å². The monoisotopic (exact) mass is 830 g/mol. The van der Waals surface area contributed by atoms with Crippen LogP contribution in [0.1, 0.15) is 91.6 Å². The molecule has 2 amide bonds. The Balaban J connectivity index is 0.917. The van der Waals surface area contributed by atoms with Gasteiger partial charge in [0.15, 0.2) is 6.29 Å². The van der Waals surface area contributed by atoms with Crippen LogP contribution in [-0.4, -0.2) is 52.7 Å². The average Bonchev–Trinajstić information content (AvgIpc) is 3.27. The number of nitrogens with zero attached hydrogens (tertiary/aromatic N) is 1. The van der Waals surface area contributed by atoms with Crippen molar-refractivity contribution in [3.63, 3.8) is 0 Å². The van der Waals surface area contributed by atoms with Crippen molar-refractivity contribution in [3.05, 3.63) is 154 Å². The number of nitrogens with one attached hydrogen (secondary N) is 2. The molecule has 5 aromatic carbocycles. The molecule has 3 unspecified atom stereocenters. The van der Waals surface area contributed by atoms with Crippen LogP contribution in [0.5, 0.6) is 0 Å². The molecule has 5 aromatic rings. The SMILES string of the molecule is Nc1ccccc1NC(=O)CCCCCC(=O)NCc1cccc(-c2ccc(C3OC(CN4CCC(O)(c5ccc(Cl)cc5)CC4)CC(c4ccc(CO)cc4)O3)cc2)c1. The Hall–Kier alpha value is -5.07. The Morgan fingerprint density at radius 2 is 1.47 bits per heavy atom. The van der Waals surface area contributed by atoms with Gasteiger partial charge in [-0.15, -0.1) is 0 Å². The summed E-state index contributed by atoms with van der Waals surface area (Å²) in [6, 6.07) is 39.0. The smallest absolute Gasteiger partial charge is 0.224 e. The van der Waals surface area contributed by atoms with Crippen molar-refractivity contribution in [2.75, 3.05) is 30.7 Å². The summed E-state index contributed by atoms with van der Waals surface area (Å²) in [4.78, 5) is 27.3. The van der Waals surface area contributed by atoms with Crippen LogP contribution in [0.3, 0.4) is 0 Å². The topological polar surface area (TPSA) is 146 Å². The van der Waals surface area contributed by atoms with Crippen molar-refractivity contribution in [1.82, 2.24) is 10.2 Å². The van der Waals surface area contributed by atoms with Gasteiger partial charge in [-0.2, -0.15) is 0 Å². The zero-order valence-corrected chi connectivity index (χ0v) is 34.7. The molecule has 6 N–H and O–H groups in total. The molecule has 7 rings (SSSR count). The second-order valence-electron chi connectivity index (χ2n) is 16.0. The summed E-state index contributed by atoms with van der Waals surface area (Å²) in [5, 5.41) is 27.6. The van der Waals surface area contributed by atoms with E-state index in [2.05, 4.69) is 51.9 Å². The van der Waals surface area contributed by atoms with E-state index in [4.69, 9.17) is 26.8 Å². The number of hydrogen-bond donors (Lipinski definition) is 5. The van der Waals surface area contributed by atoms with E-state index in [-0.39, 0.29) is 30.6 Å². The summed E-state index contributed by atoms with van der Waals surface area (Å²) in [5.74, 6) is -0.0955. The highest BCUT2D eigenvalue weighted by atomic mass is 35.5. The molecule has 0 radical (unpaired) electrons. The minimum atomic E-state index is -0.880. The minimum Gasteiger partial charge on any atom is -0.397 e. The van der Waals surface area contributed by atoms with Crippen LogP contribution in [0.2, 0.25) is 5.02 Å². The van der Waals surface area contributed by atoms with Gasteiger partial charge < -0.3 is 41.0 Å². The molecule has 2 aliphatic rings. The first-order chi connectivity index (χ1) is 29.1. The molecule has 2 saturated heterocycles. The number of para-hydroxylation sites is 2. The fourth-order valence-electron chi connectivity index (χ4n) is 8.03. The highest BCUT2D eigenvalue weighted by Gasteiger charge is 2.37. The van der Waals surface area contributed by atoms with E-state index >= 15 is 0 Å². The Bertz CT molecular complexity index is 2170. The zero-order valence-electron chi connectivity index (χ0n) is 33.9. The van der Waals surface area contributed by atoms with Gasteiger partial charge in [-0.3, -0.25) is 9.59 Å². The van der Waals surface area contributed by atoms with E-state index in [1.807, 2.05) is 72.8 Å². The number of carbonyl (C=O) groups excluding carboxylic acids is 2. The number of aliphatic hydroxyl groups excluding tert-OH is 1. The molecule has 0 aromatic heterocycles. The molecule has 0 spiro atoms. The van der Waals surface area contributed by atoms with Crippen LogP contribution >= 0.6 is 11.6 Å². The van der Waals surface area contributed by atoms with Gasteiger partial charge in [0, 0.05) is 56.0 Å². The van der Waals surface area contributed by atoms with E-state index < -0.39 is 11.9 Å². The summed E-state index contributed by atoms with van der Waals surface area (Å²) < 4.78 is 13.3. The summed E-state index contributed by atoms with van der Waals surface area (Å²) in [7, 11) is 0. The number of nitrogen functional groups attached to an aromatic ring is 1. The quantitative estimate of drug-likeness (QED) is 0.0490. The Morgan fingerprint density at radius 3 is 2.18 bits per heavy atom. The molecule has 2 fully saturated rings. The fraction of sp³-hybridized carbons (Fsp3) is 0.347. The van der Waals surface area contributed by atoms with Gasteiger partial charge in [-0.05, 0) is 89.4 Å². The summed E-state index contributed by atoms with van der Waals surface area (Å²) in [5.41, 5.74) is 13.0. The van der Waals surface area contributed by atoms with E-state index in [0.29, 0.717) is 74.4 Å². The van der Waals surface area contributed by atoms with Gasteiger partial charge >= 0.3 is 0 Å². The second kappa shape index (κ2) is 20.5. The number of halogens is 1. The lowest BCUT2D eigenvalue weighted by molar-refractivity contribution is -0.253. The second-order valence-corrected chi connectivity index (χ2v) is 16.4. The number of carbonyl (C=O) groups is 2. The molecule has 11 heteroatoms. The maximum atomic E-state index is 12.6. The van der Waals surface area contributed by atoms with Crippen molar-refractivity contribution in [3.8, 4) is 11.1 Å². The number of aliphatic hydroxyl groups is 2. The lowest BCUT2D eigenvalue weighted by Gasteiger charge is -2.42. The number of hydrogen-bond acceptors (Lipinski definition) is 8. The van der Waals surface area contributed by atoms with Crippen molar-refractivity contribution >= 4 is 34.8 Å². The maximum absolute atomic E-state index is 12.6. The predicted molar refractivity (Wildman–Crippen MR) is 236 cm³/mol. The van der Waals surface area contributed by atoms with Crippen LogP contribution in [0.15, 0.2) is 121 Å². The van der Waals surface area contributed by atoms with Crippen LogP contribution in [-0.2, 0) is 37.8 Å². The van der Waals surface area contributed by atoms with Gasteiger partial charge in [-0.1, -0.05) is 109 Å². The molecule has 10 nitrogen and oxygen atoms in total. The standard InChI is InChI=1S/C49H55ClN4O6/c50-41-23-21-40(22-24-41)49(58)25-27-54(28-26-49)32-42-30-45(37-15-13-34(33-55)14-16-37)60-48(59-42)38-19-17-36(18-20-38)39-8-6-7-35(29-39)31-52-46(56)11-2-1-3-12-47(57)53-44-10-5-4-9-43(44)51/h4-10,13-24,29,42,45,48,55,58H,1-3,11-12,25-28,30-33,51H2,(H,52,56)(H,53,57). The van der Waals surface area contributed by atoms with Gasteiger partial charge in [0.25, 0.3) is 0 Å². The fourth-order valence-corrected chi connectivity index (χ4v) is 8.16. The van der Waals surface area contributed by atoms with Gasteiger partial charge in [0.05, 0.1) is 35.8 Å². The van der Waals surface area contributed by atoms with Gasteiger partial charge in [0.1, 0.15) is 0 Å². The molecule has 2 aliphatic heterocycles. The third kappa shape index (κ3) is 11.6. The molecule has 3 atom stereocenters. The molecule has 0 saturated carbocycles. The number of likely N-dealkylation sites (tertiary alicyclic amines) is 1. The first-order valence-corrected chi connectivity index (χ1v) is 21.3. The first-order valence-electron chi connectivity index (χ1n) is 21.0. The van der Waals surface area contributed by atoms with Crippen molar-refractivity contribution in [2.45, 2.75) is 88.6 Å². The molecule has 314 valence electrons. The molecular formula is C49H55ClN4O6. The van der Waals surface area contributed by atoms with E-state index in [9.17, 15) is 19.8 Å². The zero-order chi connectivity index (χ0) is 41.9. The number of nitrogens with two attached hydrogens (primary N) is 1. The van der Waals surface area contributed by atoms with E-state index in [1.54, 1.807) is 12.1 Å². The van der Waals surface area contributed by atoms with Gasteiger partial charge in [0.2, 0.25) is 11.8 Å². The molecule has 60 heavy (non-hydrogen) atoms. The number of unbranched alkanes of at least 4 members (excludes halogenated alkanes) is 2. The normalized spacial score (nSPS) is 19.1. The highest BCUT2D eigenvalue weighted by Crippen LogP contribution is 2.40. The average molecular weight is 831 g/mol. The number of amides is 2. The minimum absolute atomic E-state index is 0.0144. The third-order valence-corrected chi connectivity index (χ3v) is 11.9. The lowest BCUT2D eigenvalue weighted by Crippen LogP contribution is -2.46. The van der Waals surface area contributed by atoms with E-state index in [1.165, 1.54) is 0 Å². The van der Waals surface area contributed by atoms with Crippen molar-refractivity contribution in [2.24, 2.45) is 0 Å². The predicted octanol–water partition coefficient (Wildman–Crippen LogP) is 8.82. The largest absolute Gasteiger partial charge is 0.397 e. The Labute approximate surface area is 357 Å². The maximum Gasteiger partial charge on any atom is 0.224 e. The summed E-state index contributed by atoms with van der Waals surface area (Å²) in [6.07, 6.45) is 4.01. The third-order valence-electron chi connectivity index (χ3n) is 11.6. The molecule has 0 bridgehead atoms. The summed E-state index contributed by atoms with van der Waals surface area (Å²) >= 11 is 6.11.